The lowest BCUT2D eigenvalue weighted by Gasteiger charge is -2.38. The second-order valence-corrected chi connectivity index (χ2v) is 9.11. The molecule has 1 fully saturated rings. The highest BCUT2D eigenvalue weighted by Gasteiger charge is 2.32. The van der Waals surface area contributed by atoms with E-state index in [9.17, 15) is 0 Å². The van der Waals surface area contributed by atoms with Crippen molar-refractivity contribution in [3.63, 3.8) is 0 Å². The maximum atomic E-state index is 5.31. The van der Waals surface area contributed by atoms with E-state index in [1.807, 2.05) is 0 Å². The molecule has 0 amide bonds. The molecule has 0 aromatic heterocycles. The second kappa shape index (κ2) is 7.04. The molecular weight excluding hydrogens is 392 g/mol. The average Bonchev–Trinajstić information content (AvgIpc) is 2.45. The Hall–Kier alpha value is -0.0200. The summed E-state index contributed by atoms with van der Waals surface area (Å²) in [6.45, 7) is 7.14. The van der Waals surface area contributed by atoms with Crippen LogP contribution in [0.2, 0.25) is 0 Å². The van der Waals surface area contributed by atoms with E-state index in [1.165, 1.54) is 31.2 Å². The highest BCUT2D eigenvalue weighted by Crippen LogP contribution is 2.46. The first-order valence-corrected chi connectivity index (χ1v) is 9.51. The van der Waals surface area contributed by atoms with E-state index in [4.69, 9.17) is 4.74 Å². The highest BCUT2D eigenvalue weighted by atomic mass is 79.9. The highest BCUT2D eigenvalue weighted by molar-refractivity contribution is 9.10. The number of methoxy groups -OCH3 is 1. The molecule has 0 radical (unpaired) electrons. The Labute approximate surface area is 146 Å². The van der Waals surface area contributed by atoms with Crippen LogP contribution in [0.15, 0.2) is 22.7 Å². The Morgan fingerprint density at radius 3 is 2.24 bits per heavy atom. The summed E-state index contributed by atoms with van der Waals surface area (Å²) in [6, 6.07) is 6.42. The Kier molecular flexibility index (Phi) is 5.81. The molecule has 1 atom stereocenters. The van der Waals surface area contributed by atoms with Gasteiger partial charge in [0.1, 0.15) is 5.75 Å². The summed E-state index contributed by atoms with van der Waals surface area (Å²) in [5, 5.41) is 0. The van der Waals surface area contributed by atoms with Crippen LogP contribution in [-0.4, -0.2) is 7.11 Å². The van der Waals surface area contributed by atoms with Crippen LogP contribution in [0.1, 0.15) is 56.8 Å². The Bertz CT molecular complexity index is 471. The van der Waals surface area contributed by atoms with Crippen molar-refractivity contribution >= 4 is 31.9 Å². The van der Waals surface area contributed by atoms with Crippen LogP contribution in [0.3, 0.4) is 0 Å². The number of benzene rings is 1. The monoisotopic (exact) mass is 416 g/mol. The number of alkyl halides is 1. The van der Waals surface area contributed by atoms with E-state index in [2.05, 4.69) is 70.8 Å². The fourth-order valence-corrected chi connectivity index (χ4v) is 4.78. The smallest absolute Gasteiger partial charge is 0.133 e. The summed E-state index contributed by atoms with van der Waals surface area (Å²) in [5.74, 6) is 2.51. The molecule has 0 bridgehead atoms. The summed E-state index contributed by atoms with van der Waals surface area (Å²) in [4.78, 5) is 0.445. The maximum absolute atomic E-state index is 5.31. The van der Waals surface area contributed by atoms with Crippen LogP contribution in [-0.2, 0) is 0 Å². The van der Waals surface area contributed by atoms with E-state index >= 15 is 0 Å². The van der Waals surface area contributed by atoms with Crippen molar-refractivity contribution in [3.05, 3.63) is 28.2 Å². The number of hydrogen-bond donors (Lipinski definition) is 0. The Morgan fingerprint density at radius 1 is 1.14 bits per heavy atom. The number of ether oxygens (including phenoxy) is 1. The van der Waals surface area contributed by atoms with Gasteiger partial charge in [-0.3, -0.25) is 0 Å². The second-order valence-electron chi connectivity index (χ2n) is 7.27. The van der Waals surface area contributed by atoms with E-state index < -0.39 is 0 Å². The Morgan fingerprint density at radius 2 is 1.76 bits per heavy atom. The van der Waals surface area contributed by atoms with E-state index in [-0.39, 0.29) is 0 Å². The van der Waals surface area contributed by atoms with E-state index in [0.29, 0.717) is 10.2 Å². The lowest BCUT2D eigenvalue weighted by atomic mass is 9.69. The number of rotatable bonds is 3. The molecule has 1 nitrogen and oxygen atoms in total. The first kappa shape index (κ1) is 17.3. The minimum absolute atomic E-state index is 0.445. The van der Waals surface area contributed by atoms with Crippen LogP contribution >= 0.6 is 31.9 Å². The SMILES string of the molecule is COc1ccc(C(Br)C2CCC(C(C)(C)C)CC2)cc1Br. The van der Waals surface area contributed by atoms with Gasteiger partial charge < -0.3 is 4.74 Å². The lowest BCUT2D eigenvalue weighted by Crippen LogP contribution is -2.27. The molecule has 118 valence electrons. The Balaban J connectivity index is 2.02. The summed E-state index contributed by atoms with van der Waals surface area (Å²) in [6.07, 6.45) is 5.35. The molecule has 21 heavy (non-hydrogen) atoms. The molecule has 1 aliphatic carbocycles. The molecule has 0 N–H and O–H groups in total. The van der Waals surface area contributed by atoms with Gasteiger partial charge in [-0.2, -0.15) is 0 Å². The molecule has 0 spiro atoms. The third-order valence-electron chi connectivity index (χ3n) is 4.90. The lowest BCUT2D eigenvalue weighted by molar-refractivity contribution is 0.149. The van der Waals surface area contributed by atoms with Gasteiger partial charge in [-0.25, -0.2) is 0 Å². The van der Waals surface area contributed by atoms with Gasteiger partial charge in [-0.1, -0.05) is 42.8 Å². The zero-order valence-electron chi connectivity index (χ0n) is 13.5. The third-order valence-corrected chi connectivity index (χ3v) is 6.80. The molecule has 1 aliphatic rings. The molecule has 3 heteroatoms. The minimum Gasteiger partial charge on any atom is -0.496 e. The molecule has 0 aliphatic heterocycles. The van der Waals surface area contributed by atoms with Gasteiger partial charge in [-0.05, 0) is 76.6 Å². The quantitative estimate of drug-likeness (QED) is 0.494. The van der Waals surface area contributed by atoms with E-state index in [1.54, 1.807) is 7.11 Å². The summed E-state index contributed by atoms with van der Waals surface area (Å²) >= 11 is 7.53. The van der Waals surface area contributed by atoms with Crippen LogP contribution in [0.25, 0.3) is 0 Å². The fourth-order valence-electron chi connectivity index (χ4n) is 3.40. The zero-order valence-corrected chi connectivity index (χ0v) is 16.6. The molecule has 1 unspecified atom stereocenters. The predicted molar refractivity (Wildman–Crippen MR) is 97.3 cm³/mol. The van der Waals surface area contributed by atoms with Gasteiger partial charge in [0.2, 0.25) is 0 Å². The molecule has 1 aromatic rings. The van der Waals surface area contributed by atoms with Crippen LogP contribution in [0, 0.1) is 17.3 Å². The van der Waals surface area contributed by atoms with Crippen molar-refractivity contribution in [2.75, 3.05) is 7.11 Å². The number of hydrogen-bond acceptors (Lipinski definition) is 1. The van der Waals surface area contributed by atoms with Crippen molar-refractivity contribution in [3.8, 4) is 5.75 Å². The zero-order chi connectivity index (χ0) is 15.6. The summed E-state index contributed by atoms with van der Waals surface area (Å²) in [5.41, 5.74) is 1.80. The van der Waals surface area contributed by atoms with Gasteiger partial charge in [-0.15, -0.1) is 0 Å². The molecule has 0 heterocycles. The molecular formula is C18H26Br2O. The maximum Gasteiger partial charge on any atom is 0.133 e. The summed E-state index contributed by atoms with van der Waals surface area (Å²) in [7, 11) is 1.71. The topological polar surface area (TPSA) is 9.23 Å². The van der Waals surface area contributed by atoms with Crippen molar-refractivity contribution in [2.24, 2.45) is 17.3 Å². The van der Waals surface area contributed by atoms with Crippen molar-refractivity contribution in [1.29, 1.82) is 0 Å². The minimum atomic E-state index is 0.445. The van der Waals surface area contributed by atoms with Crippen LogP contribution < -0.4 is 4.74 Å². The molecule has 0 saturated heterocycles. The van der Waals surface area contributed by atoms with Gasteiger partial charge in [0.15, 0.2) is 0 Å². The predicted octanol–water partition coefficient (Wildman–Crippen LogP) is 6.75. The van der Waals surface area contributed by atoms with Gasteiger partial charge >= 0.3 is 0 Å². The van der Waals surface area contributed by atoms with Gasteiger partial charge in [0, 0.05) is 4.83 Å². The average molecular weight is 418 g/mol. The van der Waals surface area contributed by atoms with Crippen LogP contribution in [0.5, 0.6) is 5.75 Å². The van der Waals surface area contributed by atoms with Gasteiger partial charge in [0.05, 0.1) is 11.6 Å². The van der Waals surface area contributed by atoms with Crippen molar-refractivity contribution in [1.82, 2.24) is 0 Å². The normalized spacial score (nSPS) is 24.7. The molecule has 2 rings (SSSR count). The first-order valence-electron chi connectivity index (χ1n) is 7.80. The van der Waals surface area contributed by atoms with Crippen molar-refractivity contribution < 1.29 is 4.74 Å². The molecule has 1 saturated carbocycles. The largest absolute Gasteiger partial charge is 0.496 e. The van der Waals surface area contributed by atoms with Crippen molar-refractivity contribution in [2.45, 2.75) is 51.3 Å². The first-order chi connectivity index (χ1) is 9.82. The third kappa shape index (κ3) is 4.25. The molecule has 1 aromatic carbocycles. The fraction of sp³-hybridized carbons (Fsp3) is 0.667. The number of halogens is 2. The van der Waals surface area contributed by atoms with E-state index in [0.717, 1.165) is 22.1 Å². The summed E-state index contributed by atoms with van der Waals surface area (Å²) < 4.78 is 6.35. The standard InChI is InChI=1S/C18H26Br2O/c1-18(2,3)14-8-5-12(6-9-14)17(20)13-7-10-16(21-4)15(19)11-13/h7,10-12,14,17H,5-6,8-9H2,1-4H3. The van der Waals surface area contributed by atoms with Crippen LogP contribution in [0.4, 0.5) is 0 Å². The van der Waals surface area contributed by atoms with Gasteiger partial charge in [0.25, 0.3) is 0 Å².